The fraction of sp³-hybridized carbons (Fsp3) is 0.294. The van der Waals surface area contributed by atoms with Crippen LogP contribution in [0.4, 0.5) is 8.78 Å². The molecule has 1 aliphatic rings. The summed E-state index contributed by atoms with van der Waals surface area (Å²) in [5.41, 5.74) is 2.55. The normalized spacial score (nSPS) is 20.0. The first-order chi connectivity index (χ1) is 30.2. The zero-order chi connectivity index (χ0) is 43.2. The van der Waals surface area contributed by atoms with Crippen molar-refractivity contribution in [2.24, 2.45) is 0 Å². The summed E-state index contributed by atoms with van der Waals surface area (Å²) in [6, 6.07) is 46.4. The van der Waals surface area contributed by atoms with Gasteiger partial charge >= 0.3 is 0 Å². The molecule has 7 rings (SSSR count). The van der Waals surface area contributed by atoms with Crippen LogP contribution in [-0.2, 0) is 60.6 Å². The lowest BCUT2D eigenvalue weighted by atomic mass is 9.86. The van der Waals surface area contributed by atoms with E-state index in [2.05, 4.69) is 0 Å². The average Bonchev–Trinajstić information content (AvgIpc) is 3.28. The molecule has 1 N–H and O–H groups in total. The third kappa shape index (κ3) is 12.1. The molecule has 1 fully saturated rings. The van der Waals surface area contributed by atoms with Gasteiger partial charge in [-0.05, 0) is 60.4 Å². The summed E-state index contributed by atoms with van der Waals surface area (Å²) in [4.78, 5) is 0. The standard InChI is InChI=1S/C51H52F2O9/c1-36(2)56-27-28-57-41-23-25-42(26-24-41)61-43-29-44(52)47(45(53)30-43)51(54)50(60-34-40-21-13-6-14-22-40)49(59-33-39-19-11-5-12-20-39)48(58-32-38-17-9-4-10-18-38)46(62-51)35-55-31-37-15-7-3-8-16-37/h3-26,29-30,36,46,48-50,54H,27-28,31-35H2,1-2H3/t46?,48-,49-,50-,51-/m0/s1. The van der Waals surface area contributed by atoms with Crippen LogP contribution in [0.3, 0.4) is 0 Å². The molecule has 1 saturated heterocycles. The highest BCUT2D eigenvalue weighted by molar-refractivity contribution is 5.39. The summed E-state index contributed by atoms with van der Waals surface area (Å²) in [6.07, 6.45) is -4.67. The molecule has 0 bridgehead atoms. The lowest BCUT2D eigenvalue weighted by Crippen LogP contribution is -2.66. The predicted octanol–water partition coefficient (Wildman–Crippen LogP) is 10.1. The second-order valence-corrected chi connectivity index (χ2v) is 15.2. The topological polar surface area (TPSA) is 94.1 Å². The SMILES string of the molecule is CC(C)OCCOc1ccc(Oc2cc(F)c([C@]3(O)OC(COCc4ccccc4)[C@H](OCc4ccccc4)[C@H](OCc4ccccc4)[C@@H]3OCc3ccccc3)c(F)c2)cc1. The van der Waals surface area contributed by atoms with E-state index in [1.54, 1.807) is 24.3 Å². The Morgan fingerprint density at radius 3 is 1.55 bits per heavy atom. The van der Waals surface area contributed by atoms with E-state index in [1.165, 1.54) is 0 Å². The highest BCUT2D eigenvalue weighted by atomic mass is 19.1. The number of ether oxygens (including phenoxy) is 8. The van der Waals surface area contributed by atoms with Crippen molar-refractivity contribution >= 4 is 0 Å². The van der Waals surface area contributed by atoms with E-state index in [0.29, 0.717) is 24.7 Å². The highest BCUT2D eigenvalue weighted by Crippen LogP contribution is 2.44. The second-order valence-electron chi connectivity index (χ2n) is 15.2. The fourth-order valence-electron chi connectivity index (χ4n) is 7.19. The van der Waals surface area contributed by atoms with Gasteiger partial charge in [-0.1, -0.05) is 121 Å². The van der Waals surface area contributed by atoms with Gasteiger partial charge in [0, 0.05) is 12.1 Å². The Morgan fingerprint density at radius 2 is 1.03 bits per heavy atom. The first-order valence-corrected chi connectivity index (χ1v) is 20.8. The Labute approximate surface area is 361 Å². The summed E-state index contributed by atoms with van der Waals surface area (Å²) in [5, 5.41) is 12.9. The molecule has 0 amide bonds. The maximum absolute atomic E-state index is 16.8. The van der Waals surface area contributed by atoms with E-state index in [4.69, 9.17) is 37.9 Å². The number of hydrogen-bond donors (Lipinski definition) is 1. The van der Waals surface area contributed by atoms with Crippen molar-refractivity contribution in [3.63, 3.8) is 0 Å². The molecule has 1 unspecified atom stereocenters. The summed E-state index contributed by atoms with van der Waals surface area (Å²) in [7, 11) is 0. The molecule has 0 aromatic heterocycles. The molecule has 6 aromatic carbocycles. The van der Waals surface area contributed by atoms with Crippen molar-refractivity contribution in [2.75, 3.05) is 19.8 Å². The minimum absolute atomic E-state index is 0.0577. The molecule has 11 heteroatoms. The van der Waals surface area contributed by atoms with Crippen LogP contribution in [0.5, 0.6) is 17.2 Å². The van der Waals surface area contributed by atoms with Gasteiger partial charge in [0.15, 0.2) is 0 Å². The molecule has 62 heavy (non-hydrogen) atoms. The second kappa shape index (κ2) is 22.0. The molecule has 0 spiro atoms. The van der Waals surface area contributed by atoms with Crippen molar-refractivity contribution in [3.8, 4) is 17.2 Å². The van der Waals surface area contributed by atoms with Crippen LogP contribution in [0.15, 0.2) is 158 Å². The van der Waals surface area contributed by atoms with E-state index in [-0.39, 0.29) is 44.9 Å². The maximum atomic E-state index is 16.8. The summed E-state index contributed by atoms with van der Waals surface area (Å²) in [6.45, 7) is 4.87. The molecular formula is C51H52F2O9. The summed E-state index contributed by atoms with van der Waals surface area (Å²) >= 11 is 0. The molecule has 9 nitrogen and oxygen atoms in total. The molecule has 324 valence electrons. The lowest BCUT2D eigenvalue weighted by molar-refractivity contribution is -0.380. The van der Waals surface area contributed by atoms with Crippen LogP contribution in [0, 0.1) is 11.6 Å². The third-order valence-corrected chi connectivity index (χ3v) is 10.2. The molecule has 1 aliphatic heterocycles. The zero-order valence-electron chi connectivity index (χ0n) is 34.8. The van der Waals surface area contributed by atoms with Crippen LogP contribution >= 0.6 is 0 Å². The van der Waals surface area contributed by atoms with Gasteiger partial charge in [0.2, 0.25) is 5.79 Å². The van der Waals surface area contributed by atoms with Crippen LogP contribution in [0.2, 0.25) is 0 Å². The maximum Gasteiger partial charge on any atom is 0.228 e. The number of hydrogen-bond acceptors (Lipinski definition) is 9. The molecule has 6 aromatic rings. The molecule has 0 aliphatic carbocycles. The molecule has 0 radical (unpaired) electrons. The van der Waals surface area contributed by atoms with E-state index in [9.17, 15) is 5.11 Å². The van der Waals surface area contributed by atoms with Gasteiger partial charge in [-0.3, -0.25) is 0 Å². The predicted molar refractivity (Wildman–Crippen MR) is 229 cm³/mol. The van der Waals surface area contributed by atoms with Gasteiger partial charge in [-0.15, -0.1) is 0 Å². The van der Waals surface area contributed by atoms with Crippen molar-refractivity contribution in [1.82, 2.24) is 0 Å². The Kier molecular flexibility index (Phi) is 15.8. The van der Waals surface area contributed by atoms with Gasteiger partial charge in [0.25, 0.3) is 0 Å². The summed E-state index contributed by atoms with van der Waals surface area (Å²) < 4.78 is 83.3. The van der Waals surface area contributed by atoms with Crippen molar-refractivity contribution < 1.29 is 51.8 Å². The molecule has 5 atom stereocenters. The van der Waals surface area contributed by atoms with Crippen LogP contribution in [0.25, 0.3) is 0 Å². The largest absolute Gasteiger partial charge is 0.491 e. The Hall–Kier alpha value is -5.50. The van der Waals surface area contributed by atoms with Crippen LogP contribution in [0.1, 0.15) is 41.7 Å². The molecule has 1 heterocycles. The number of rotatable bonds is 21. The summed E-state index contributed by atoms with van der Waals surface area (Å²) in [5.74, 6) is -4.29. The van der Waals surface area contributed by atoms with Gasteiger partial charge in [-0.2, -0.15) is 0 Å². The minimum Gasteiger partial charge on any atom is -0.491 e. The Bertz CT molecular complexity index is 2210. The third-order valence-electron chi connectivity index (χ3n) is 10.2. The van der Waals surface area contributed by atoms with E-state index in [1.807, 2.05) is 135 Å². The van der Waals surface area contributed by atoms with Gasteiger partial charge in [0.1, 0.15) is 59.9 Å². The highest BCUT2D eigenvalue weighted by Gasteiger charge is 2.59. The lowest BCUT2D eigenvalue weighted by Gasteiger charge is -2.50. The van der Waals surface area contributed by atoms with Crippen molar-refractivity contribution in [2.45, 2.75) is 76.6 Å². The van der Waals surface area contributed by atoms with E-state index in [0.717, 1.165) is 34.4 Å². The van der Waals surface area contributed by atoms with Crippen molar-refractivity contribution in [1.29, 1.82) is 0 Å². The van der Waals surface area contributed by atoms with Crippen LogP contribution in [-0.4, -0.2) is 55.4 Å². The smallest absolute Gasteiger partial charge is 0.228 e. The average molecular weight is 847 g/mol. The fourth-order valence-corrected chi connectivity index (χ4v) is 7.19. The van der Waals surface area contributed by atoms with Gasteiger partial charge in [-0.25, -0.2) is 8.78 Å². The Balaban J connectivity index is 1.23. The number of aliphatic hydroxyl groups is 1. The van der Waals surface area contributed by atoms with E-state index < -0.39 is 47.4 Å². The van der Waals surface area contributed by atoms with Gasteiger partial charge < -0.3 is 43.0 Å². The van der Waals surface area contributed by atoms with Gasteiger partial charge in [0.05, 0.1) is 51.3 Å². The molecular weight excluding hydrogens is 795 g/mol. The number of benzene rings is 6. The quantitative estimate of drug-likeness (QED) is 0.0711. The minimum atomic E-state index is -2.77. The monoisotopic (exact) mass is 846 g/mol. The van der Waals surface area contributed by atoms with Crippen molar-refractivity contribution in [3.05, 3.63) is 197 Å². The first-order valence-electron chi connectivity index (χ1n) is 20.8. The van der Waals surface area contributed by atoms with Crippen LogP contribution < -0.4 is 9.47 Å². The molecule has 0 saturated carbocycles. The Morgan fingerprint density at radius 1 is 0.565 bits per heavy atom. The zero-order valence-corrected chi connectivity index (χ0v) is 34.8. The number of halogens is 2. The first kappa shape index (κ1) is 44.6. The van der Waals surface area contributed by atoms with E-state index >= 15 is 8.78 Å².